The quantitative estimate of drug-likeness (QED) is 0.712. The van der Waals surface area contributed by atoms with Crippen molar-refractivity contribution in [2.75, 3.05) is 13.2 Å². The van der Waals surface area contributed by atoms with Gasteiger partial charge in [0, 0.05) is 0 Å². The van der Waals surface area contributed by atoms with E-state index in [1.54, 1.807) is 0 Å². The molecule has 1 aliphatic rings. The fourth-order valence-corrected chi connectivity index (χ4v) is 2.66. The Balaban J connectivity index is 1.83. The standard InChI is InChI=1S/C18H26N2O4/c1-4-13-5-7-15(8-6-13)24-11-14(21)10-20-17(22)16(9-12(2)3)19-18(20)23/h5-8,12,14,16,21H,4,9-11H2,1-3H3,(H,19,23)/t14-,16+/m1/s1. The average molecular weight is 334 g/mol. The number of rotatable bonds is 8. The van der Waals surface area contributed by atoms with Gasteiger partial charge in [-0.25, -0.2) is 4.79 Å². The van der Waals surface area contributed by atoms with Gasteiger partial charge in [-0.05, 0) is 36.5 Å². The van der Waals surface area contributed by atoms with Crippen molar-refractivity contribution in [2.24, 2.45) is 5.92 Å². The van der Waals surface area contributed by atoms with E-state index in [1.807, 2.05) is 38.1 Å². The van der Waals surface area contributed by atoms with Gasteiger partial charge in [-0.15, -0.1) is 0 Å². The number of carbonyl (C=O) groups is 2. The number of hydrogen-bond acceptors (Lipinski definition) is 4. The van der Waals surface area contributed by atoms with E-state index >= 15 is 0 Å². The lowest BCUT2D eigenvalue weighted by atomic mass is 10.0. The Morgan fingerprint density at radius 3 is 2.50 bits per heavy atom. The zero-order valence-electron chi connectivity index (χ0n) is 14.5. The zero-order chi connectivity index (χ0) is 17.7. The van der Waals surface area contributed by atoms with Gasteiger partial charge < -0.3 is 15.2 Å². The summed E-state index contributed by atoms with van der Waals surface area (Å²) >= 11 is 0. The Kier molecular flexibility index (Phi) is 6.20. The Bertz CT molecular complexity index is 571. The maximum Gasteiger partial charge on any atom is 0.324 e. The molecule has 2 N–H and O–H groups in total. The number of carbonyl (C=O) groups excluding carboxylic acids is 2. The molecular weight excluding hydrogens is 308 g/mol. The molecule has 1 aliphatic heterocycles. The molecule has 0 saturated carbocycles. The predicted molar refractivity (Wildman–Crippen MR) is 90.8 cm³/mol. The van der Waals surface area contributed by atoms with Crippen molar-refractivity contribution in [1.29, 1.82) is 0 Å². The van der Waals surface area contributed by atoms with Crippen molar-refractivity contribution < 1.29 is 19.4 Å². The molecule has 1 heterocycles. The lowest BCUT2D eigenvalue weighted by molar-refractivity contribution is -0.128. The van der Waals surface area contributed by atoms with Crippen LogP contribution < -0.4 is 10.1 Å². The second-order valence-corrected chi connectivity index (χ2v) is 6.54. The Morgan fingerprint density at radius 1 is 1.25 bits per heavy atom. The Hall–Kier alpha value is -2.08. The number of amides is 3. The molecule has 6 heteroatoms. The first-order valence-electron chi connectivity index (χ1n) is 8.42. The van der Waals surface area contributed by atoms with Gasteiger partial charge in [0.2, 0.25) is 0 Å². The molecule has 2 atom stereocenters. The van der Waals surface area contributed by atoms with Crippen LogP contribution in [0.15, 0.2) is 24.3 Å². The number of aliphatic hydroxyl groups excluding tert-OH is 1. The van der Waals surface area contributed by atoms with Crippen LogP contribution >= 0.6 is 0 Å². The van der Waals surface area contributed by atoms with Gasteiger partial charge in [-0.1, -0.05) is 32.9 Å². The molecule has 0 aromatic heterocycles. The molecule has 0 radical (unpaired) electrons. The van der Waals surface area contributed by atoms with Gasteiger partial charge in [0.1, 0.15) is 24.5 Å². The number of aryl methyl sites for hydroxylation is 1. The average Bonchev–Trinajstić information content (AvgIpc) is 2.80. The predicted octanol–water partition coefficient (Wildman–Crippen LogP) is 1.96. The van der Waals surface area contributed by atoms with Crippen LogP contribution in [-0.4, -0.2) is 47.2 Å². The highest BCUT2D eigenvalue weighted by Crippen LogP contribution is 2.16. The van der Waals surface area contributed by atoms with Crippen molar-refractivity contribution in [3.05, 3.63) is 29.8 Å². The first-order chi connectivity index (χ1) is 11.4. The highest BCUT2D eigenvalue weighted by atomic mass is 16.5. The number of benzene rings is 1. The summed E-state index contributed by atoms with van der Waals surface area (Å²) in [6.07, 6.45) is 0.618. The number of nitrogens with one attached hydrogen (secondary N) is 1. The molecule has 24 heavy (non-hydrogen) atoms. The van der Waals surface area contributed by atoms with Gasteiger partial charge in [-0.2, -0.15) is 0 Å². The molecule has 1 aromatic carbocycles. The molecule has 1 aromatic rings. The number of urea groups is 1. The summed E-state index contributed by atoms with van der Waals surface area (Å²) in [5, 5.41) is 12.7. The second kappa shape index (κ2) is 8.15. The fourth-order valence-electron chi connectivity index (χ4n) is 2.66. The number of imide groups is 1. The zero-order valence-corrected chi connectivity index (χ0v) is 14.5. The monoisotopic (exact) mass is 334 g/mol. The van der Waals surface area contributed by atoms with Crippen LogP contribution in [0, 0.1) is 5.92 Å². The number of nitrogens with zero attached hydrogens (tertiary/aromatic N) is 1. The molecule has 1 fully saturated rings. The van der Waals surface area contributed by atoms with Crippen molar-refractivity contribution >= 4 is 11.9 Å². The van der Waals surface area contributed by atoms with E-state index in [0.29, 0.717) is 18.1 Å². The molecule has 3 amide bonds. The van der Waals surface area contributed by atoms with E-state index in [2.05, 4.69) is 12.2 Å². The normalized spacial score (nSPS) is 18.9. The maximum atomic E-state index is 12.2. The van der Waals surface area contributed by atoms with Crippen molar-refractivity contribution in [1.82, 2.24) is 10.2 Å². The summed E-state index contributed by atoms with van der Waals surface area (Å²) in [6, 6.07) is 6.69. The summed E-state index contributed by atoms with van der Waals surface area (Å²) in [4.78, 5) is 25.2. The maximum absolute atomic E-state index is 12.2. The van der Waals surface area contributed by atoms with Crippen molar-refractivity contribution in [2.45, 2.75) is 45.8 Å². The molecule has 0 unspecified atom stereocenters. The molecule has 0 bridgehead atoms. The van der Waals surface area contributed by atoms with E-state index in [4.69, 9.17) is 4.74 Å². The fraction of sp³-hybridized carbons (Fsp3) is 0.556. The SMILES string of the molecule is CCc1ccc(OC[C@H](O)CN2C(=O)N[C@@H](CC(C)C)C2=O)cc1. The minimum atomic E-state index is -0.927. The third-order valence-electron chi connectivity index (χ3n) is 3.98. The van der Waals surface area contributed by atoms with E-state index in [-0.39, 0.29) is 19.1 Å². The smallest absolute Gasteiger partial charge is 0.324 e. The van der Waals surface area contributed by atoms with Crippen molar-refractivity contribution in [3.8, 4) is 5.75 Å². The summed E-state index contributed by atoms with van der Waals surface area (Å²) in [5.41, 5.74) is 1.21. The number of aliphatic hydroxyl groups is 1. The number of β-amino-alcohol motifs (C(OH)–C–C–N with tert-alkyl or cyclic N) is 1. The van der Waals surface area contributed by atoms with Gasteiger partial charge >= 0.3 is 6.03 Å². The molecule has 1 saturated heterocycles. The summed E-state index contributed by atoms with van der Waals surface area (Å²) in [7, 11) is 0. The van der Waals surface area contributed by atoms with Gasteiger partial charge in [0.25, 0.3) is 5.91 Å². The van der Waals surface area contributed by atoms with Crippen LogP contribution in [0.2, 0.25) is 0 Å². The van der Waals surface area contributed by atoms with E-state index in [0.717, 1.165) is 11.3 Å². The highest BCUT2D eigenvalue weighted by molar-refractivity contribution is 6.04. The van der Waals surface area contributed by atoms with Crippen LogP contribution in [0.5, 0.6) is 5.75 Å². The lowest BCUT2D eigenvalue weighted by Crippen LogP contribution is -2.40. The molecule has 6 nitrogen and oxygen atoms in total. The number of hydrogen-bond donors (Lipinski definition) is 2. The highest BCUT2D eigenvalue weighted by Gasteiger charge is 2.38. The minimum Gasteiger partial charge on any atom is -0.491 e. The first kappa shape index (κ1) is 18.3. The third-order valence-corrected chi connectivity index (χ3v) is 3.98. The summed E-state index contributed by atoms with van der Waals surface area (Å²) in [5.74, 6) is 0.680. The van der Waals surface area contributed by atoms with E-state index in [9.17, 15) is 14.7 Å². The van der Waals surface area contributed by atoms with Crippen LogP contribution in [0.25, 0.3) is 0 Å². The van der Waals surface area contributed by atoms with Gasteiger partial charge in [-0.3, -0.25) is 9.69 Å². The van der Waals surface area contributed by atoms with Gasteiger partial charge in [0.15, 0.2) is 0 Å². The van der Waals surface area contributed by atoms with Crippen LogP contribution in [-0.2, 0) is 11.2 Å². The molecule has 132 valence electrons. The molecule has 2 rings (SSSR count). The topological polar surface area (TPSA) is 78.9 Å². The number of ether oxygens (including phenoxy) is 1. The van der Waals surface area contributed by atoms with Crippen molar-refractivity contribution in [3.63, 3.8) is 0 Å². The van der Waals surface area contributed by atoms with Gasteiger partial charge in [0.05, 0.1) is 6.54 Å². The van der Waals surface area contributed by atoms with Crippen LogP contribution in [0.4, 0.5) is 4.79 Å². The van der Waals surface area contributed by atoms with Crippen LogP contribution in [0.3, 0.4) is 0 Å². The molecular formula is C18H26N2O4. The minimum absolute atomic E-state index is 0.0252. The van der Waals surface area contributed by atoms with E-state index < -0.39 is 18.2 Å². The van der Waals surface area contributed by atoms with E-state index in [1.165, 1.54) is 5.56 Å². The third kappa shape index (κ3) is 4.71. The lowest BCUT2D eigenvalue weighted by Gasteiger charge is -2.18. The largest absolute Gasteiger partial charge is 0.491 e. The first-order valence-corrected chi connectivity index (χ1v) is 8.42. The van der Waals surface area contributed by atoms with Crippen LogP contribution in [0.1, 0.15) is 32.8 Å². The Labute approximate surface area is 142 Å². The Morgan fingerprint density at radius 2 is 1.92 bits per heavy atom. The second-order valence-electron chi connectivity index (χ2n) is 6.54. The molecule has 0 aliphatic carbocycles. The summed E-state index contributed by atoms with van der Waals surface area (Å²) < 4.78 is 5.52. The molecule has 0 spiro atoms. The summed E-state index contributed by atoms with van der Waals surface area (Å²) in [6.45, 7) is 6.02.